The number of nitrogen functional groups attached to an aromatic ring is 1. The van der Waals surface area contributed by atoms with Gasteiger partial charge in [-0.3, -0.25) is 0 Å². The van der Waals surface area contributed by atoms with Crippen LogP contribution in [0, 0.1) is 0 Å². The van der Waals surface area contributed by atoms with E-state index in [2.05, 4.69) is 4.90 Å². The largest absolute Gasteiger partial charge is 0.495 e. The van der Waals surface area contributed by atoms with Crippen molar-refractivity contribution < 1.29 is 13.2 Å². The first-order valence-electron chi connectivity index (χ1n) is 7.07. The van der Waals surface area contributed by atoms with Crippen LogP contribution in [0.1, 0.15) is 12.8 Å². The van der Waals surface area contributed by atoms with Crippen molar-refractivity contribution in [3.63, 3.8) is 0 Å². The average Bonchev–Trinajstić information content (AvgIpc) is 2.97. The van der Waals surface area contributed by atoms with Crippen LogP contribution in [0.3, 0.4) is 0 Å². The number of rotatable bonds is 6. The second-order valence-corrected chi connectivity index (χ2v) is 7.30. The second kappa shape index (κ2) is 6.64. The van der Waals surface area contributed by atoms with E-state index in [0.29, 0.717) is 12.2 Å². The number of nitrogens with zero attached hydrogens (tertiary/aromatic N) is 2. The Labute approximate surface area is 126 Å². The van der Waals surface area contributed by atoms with Gasteiger partial charge in [-0.15, -0.1) is 0 Å². The molecule has 6 nitrogen and oxygen atoms in total. The van der Waals surface area contributed by atoms with Gasteiger partial charge in [0, 0.05) is 31.9 Å². The smallest absolute Gasteiger partial charge is 0.246 e. The molecule has 1 aromatic rings. The van der Waals surface area contributed by atoms with Crippen molar-refractivity contribution in [3.05, 3.63) is 18.2 Å². The zero-order valence-corrected chi connectivity index (χ0v) is 13.4. The Kier molecular flexibility index (Phi) is 5.08. The van der Waals surface area contributed by atoms with E-state index in [1.54, 1.807) is 13.1 Å². The summed E-state index contributed by atoms with van der Waals surface area (Å²) in [5.41, 5.74) is 6.15. The Morgan fingerprint density at radius 3 is 2.62 bits per heavy atom. The molecule has 0 amide bonds. The molecule has 0 atom stereocenters. The molecule has 0 unspecified atom stereocenters. The predicted octanol–water partition coefficient (Wildman–Crippen LogP) is 0.994. The highest BCUT2D eigenvalue weighted by atomic mass is 32.2. The van der Waals surface area contributed by atoms with Crippen LogP contribution in [0.25, 0.3) is 0 Å². The minimum absolute atomic E-state index is 0.156. The minimum atomic E-state index is -3.56. The van der Waals surface area contributed by atoms with Crippen LogP contribution in [0.4, 0.5) is 5.69 Å². The third-order valence-electron chi connectivity index (χ3n) is 3.81. The number of likely N-dealkylation sites (N-methyl/N-ethyl adjacent to an activating group) is 1. The van der Waals surface area contributed by atoms with E-state index in [9.17, 15) is 8.42 Å². The lowest BCUT2D eigenvalue weighted by Crippen LogP contribution is -2.35. The lowest BCUT2D eigenvalue weighted by molar-refractivity contribution is 0.309. The van der Waals surface area contributed by atoms with Gasteiger partial charge < -0.3 is 15.4 Å². The maximum Gasteiger partial charge on any atom is 0.246 e. The van der Waals surface area contributed by atoms with Gasteiger partial charge in [-0.25, -0.2) is 8.42 Å². The van der Waals surface area contributed by atoms with Crippen LogP contribution in [0.15, 0.2) is 23.1 Å². The summed E-state index contributed by atoms with van der Waals surface area (Å²) in [6.45, 7) is 3.33. The summed E-state index contributed by atoms with van der Waals surface area (Å²) in [6, 6.07) is 4.60. The number of ether oxygens (including phenoxy) is 1. The molecular formula is C14H23N3O3S. The standard InChI is InChI=1S/C14H23N3O3S/c1-16(9-10-17-7-3-4-8-17)21(18,19)14-6-5-12(15)11-13(14)20-2/h5-6,11H,3-4,7-10,15H2,1-2H3. The van der Waals surface area contributed by atoms with Gasteiger partial charge in [0.15, 0.2) is 0 Å². The van der Waals surface area contributed by atoms with E-state index < -0.39 is 10.0 Å². The first-order valence-corrected chi connectivity index (χ1v) is 8.51. The molecule has 2 N–H and O–H groups in total. The lowest BCUT2D eigenvalue weighted by atomic mass is 10.3. The van der Waals surface area contributed by atoms with Crippen molar-refractivity contribution in [1.82, 2.24) is 9.21 Å². The van der Waals surface area contributed by atoms with E-state index in [-0.39, 0.29) is 10.6 Å². The highest BCUT2D eigenvalue weighted by Crippen LogP contribution is 2.28. The van der Waals surface area contributed by atoms with E-state index in [1.807, 2.05) is 0 Å². The van der Waals surface area contributed by atoms with Crippen molar-refractivity contribution in [2.45, 2.75) is 17.7 Å². The van der Waals surface area contributed by atoms with Crippen LogP contribution >= 0.6 is 0 Å². The molecule has 1 aromatic carbocycles. The Morgan fingerprint density at radius 1 is 1.33 bits per heavy atom. The van der Waals surface area contributed by atoms with Gasteiger partial charge in [-0.2, -0.15) is 4.31 Å². The van der Waals surface area contributed by atoms with Gasteiger partial charge in [-0.05, 0) is 38.1 Å². The maximum atomic E-state index is 12.6. The van der Waals surface area contributed by atoms with Crippen LogP contribution < -0.4 is 10.5 Å². The van der Waals surface area contributed by atoms with Crippen molar-refractivity contribution in [1.29, 1.82) is 0 Å². The van der Waals surface area contributed by atoms with Gasteiger partial charge >= 0.3 is 0 Å². The van der Waals surface area contributed by atoms with Gasteiger partial charge in [-0.1, -0.05) is 0 Å². The number of anilines is 1. The van der Waals surface area contributed by atoms with Gasteiger partial charge in [0.25, 0.3) is 0 Å². The summed E-state index contributed by atoms with van der Waals surface area (Å²) in [5, 5.41) is 0. The molecule has 7 heteroatoms. The summed E-state index contributed by atoms with van der Waals surface area (Å²) in [6.07, 6.45) is 2.39. The fraction of sp³-hybridized carbons (Fsp3) is 0.571. The number of hydrogen-bond acceptors (Lipinski definition) is 5. The molecule has 0 aromatic heterocycles. The summed E-state index contributed by atoms with van der Waals surface area (Å²) >= 11 is 0. The molecule has 21 heavy (non-hydrogen) atoms. The monoisotopic (exact) mass is 313 g/mol. The third-order valence-corrected chi connectivity index (χ3v) is 5.70. The van der Waals surface area contributed by atoms with Gasteiger partial charge in [0.2, 0.25) is 10.0 Å². The SMILES string of the molecule is COc1cc(N)ccc1S(=O)(=O)N(C)CCN1CCCC1. The van der Waals surface area contributed by atoms with Crippen molar-refractivity contribution in [2.75, 3.05) is 46.1 Å². The minimum Gasteiger partial charge on any atom is -0.495 e. The molecular weight excluding hydrogens is 290 g/mol. The van der Waals surface area contributed by atoms with E-state index in [4.69, 9.17) is 10.5 Å². The van der Waals surface area contributed by atoms with Gasteiger partial charge in [0.1, 0.15) is 10.6 Å². The number of hydrogen-bond donors (Lipinski definition) is 1. The zero-order chi connectivity index (χ0) is 15.5. The molecule has 1 saturated heterocycles. The normalized spacial score (nSPS) is 16.5. The van der Waals surface area contributed by atoms with Crippen molar-refractivity contribution in [3.8, 4) is 5.75 Å². The number of methoxy groups -OCH3 is 1. The molecule has 0 spiro atoms. The summed E-state index contributed by atoms with van der Waals surface area (Å²) in [4.78, 5) is 2.44. The zero-order valence-electron chi connectivity index (χ0n) is 12.6. The van der Waals surface area contributed by atoms with Crippen LogP contribution in [-0.2, 0) is 10.0 Å². The molecule has 1 heterocycles. The molecule has 1 aliphatic heterocycles. The Bertz CT molecular complexity index is 583. The summed E-state index contributed by atoms with van der Waals surface area (Å²) in [5.74, 6) is 0.281. The molecule has 2 rings (SSSR count). The van der Waals surface area contributed by atoms with Crippen molar-refractivity contribution in [2.24, 2.45) is 0 Å². The quantitative estimate of drug-likeness (QED) is 0.793. The molecule has 0 bridgehead atoms. The number of likely N-dealkylation sites (tertiary alicyclic amines) is 1. The highest BCUT2D eigenvalue weighted by molar-refractivity contribution is 7.89. The van der Waals surface area contributed by atoms with E-state index in [1.165, 1.54) is 36.4 Å². The number of nitrogens with two attached hydrogens (primary N) is 1. The molecule has 0 radical (unpaired) electrons. The first kappa shape index (κ1) is 16.1. The summed E-state index contributed by atoms with van der Waals surface area (Å²) < 4.78 is 31.7. The fourth-order valence-corrected chi connectivity index (χ4v) is 3.77. The Hall–Kier alpha value is -1.31. The van der Waals surface area contributed by atoms with Crippen molar-refractivity contribution >= 4 is 15.7 Å². The molecule has 1 fully saturated rings. The molecule has 0 saturated carbocycles. The average molecular weight is 313 g/mol. The van der Waals surface area contributed by atoms with E-state index >= 15 is 0 Å². The van der Waals surface area contributed by atoms with Crippen LogP contribution in [0.2, 0.25) is 0 Å². The van der Waals surface area contributed by atoms with Crippen LogP contribution in [0.5, 0.6) is 5.75 Å². The predicted molar refractivity (Wildman–Crippen MR) is 82.9 cm³/mol. The fourth-order valence-electron chi connectivity index (χ4n) is 2.47. The maximum absolute atomic E-state index is 12.6. The number of benzene rings is 1. The Balaban J connectivity index is 2.12. The first-order chi connectivity index (χ1) is 9.95. The highest BCUT2D eigenvalue weighted by Gasteiger charge is 2.25. The third kappa shape index (κ3) is 3.66. The van der Waals surface area contributed by atoms with Crippen LogP contribution in [-0.4, -0.2) is 58.0 Å². The molecule has 0 aliphatic carbocycles. The topological polar surface area (TPSA) is 75.9 Å². The summed E-state index contributed by atoms with van der Waals surface area (Å²) in [7, 11) is -0.523. The molecule has 118 valence electrons. The molecule has 1 aliphatic rings. The second-order valence-electron chi connectivity index (χ2n) is 5.29. The van der Waals surface area contributed by atoms with Gasteiger partial charge in [0.05, 0.1) is 7.11 Å². The lowest BCUT2D eigenvalue weighted by Gasteiger charge is -2.22. The Morgan fingerprint density at radius 2 is 2.00 bits per heavy atom. The van der Waals surface area contributed by atoms with E-state index in [0.717, 1.165) is 19.6 Å². The number of sulfonamides is 1.